The first-order chi connectivity index (χ1) is 11.6. The lowest BCUT2D eigenvalue weighted by Gasteiger charge is -2.17. The minimum atomic E-state index is -0.633. The van der Waals surface area contributed by atoms with E-state index in [1.54, 1.807) is 7.11 Å². The van der Waals surface area contributed by atoms with Crippen LogP contribution in [0.15, 0.2) is 48.5 Å². The van der Waals surface area contributed by atoms with Gasteiger partial charge in [0.15, 0.2) is 0 Å². The van der Waals surface area contributed by atoms with Crippen LogP contribution in [0.5, 0.6) is 5.75 Å². The highest BCUT2D eigenvalue weighted by Gasteiger charge is 2.18. The van der Waals surface area contributed by atoms with E-state index >= 15 is 0 Å². The number of nitrogens with one attached hydrogen (secondary N) is 1. The Labute approximate surface area is 145 Å². The molecule has 0 aliphatic heterocycles. The van der Waals surface area contributed by atoms with Crippen molar-refractivity contribution in [1.29, 1.82) is 5.26 Å². The van der Waals surface area contributed by atoms with Crippen molar-refractivity contribution in [1.82, 2.24) is 4.98 Å². The molecule has 3 aromatic rings. The first-order valence-corrected chi connectivity index (χ1v) is 7.86. The third kappa shape index (κ3) is 2.99. The van der Waals surface area contributed by atoms with Crippen molar-refractivity contribution in [2.45, 2.75) is 13.0 Å². The molecule has 0 bridgehead atoms. The highest BCUT2D eigenvalue weighted by molar-refractivity contribution is 6.30. The van der Waals surface area contributed by atoms with Crippen molar-refractivity contribution in [3.05, 3.63) is 64.8 Å². The van der Waals surface area contributed by atoms with Crippen LogP contribution in [-0.4, -0.2) is 12.1 Å². The molecule has 0 aliphatic rings. The lowest BCUT2D eigenvalue weighted by atomic mass is 10.0. The van der Waals surface area contributed by atoms with Crippen LogP contribution < -0.4 is 10.1 Å². The van der Waals surface area contributed by atoms with Crippen LogP contribution in [0.25, 0.3) is 10.9 Å². The average Bonchev–Trinajstić information content (AvgIpc) is 2.60. The molecule has 0 saturated heterocycles. The maximum atomic E-state index is 9.62. The molecule has 5 heteroatoms. The molecular weight excluding hydrogens is 322 g/mol. The van der Waals surface area contributed by atoms with Crippen molar-refractivity contribution in [2.75, 3.05) is 12.4 Å². The lowest BCUT2D eigenvalue weighted by molar-refractivity contribution is 0.416. The third-order valence-electron chi connectivity index (χ3n) is 3.88. The molecule has 3 rings (SSSR count). The molecule has 0 radical (unpaired) electrons. The smallest absolute Gasteiger partial charge is 0.143 e. The van der Waals surface area contributed by atoms with Crippen molar-refractivity contribution in [2.24, 2.45) is 0 Å². The molecule has 0 aliphatic carbocycles. The number of aromatic nitrogens is 1. The van der Waals surface area contributed by atoms with Crippen LogP contribution >= 0.6 is 11.6 Å². The first kappa shape index (κ1) is 16.1. The number of halogens is 1. The largest absolute Gasteiger partial charge is 0.495 e. The number of nitriles is 1. The summed E-state index contributed by atoms with van der Waals surface area (Å²) in [7, 11) is 1.59. The fourth-order valence-electron chi connectivity index (χ4n) is 2.64. The van der Waals surface area contributed by atoms with Gasteiger partial charge < -0.3 is 10.1 Å². The number of para-hydroxylation sites is 3. The second-order valence-corrected chi connectivity index (χ2v) is 5.78. The van der Waals surface area contributed by atoms with Crippen molar-refractivity contribution in [3.63, 3.8) is 0 Å². The predicted molar refractivity (Wildman–Crippen MR) is 96.5 cm³/mol. The van der Waals surface area contributed by atoms with Crippen molar-refractivity contribution in [3.8, 4) is 11.8 Å². The molecule has 24 heavy (non-hydrogen) atoms. The number of hydrogen-bond donors (Lipinski definition) is 1. The Morgan fingerprint density at radius 1 is 1.21 bits per heavy atom. The van der Waals surface area contributed by atoms with Crippen LogP contribution in [0.1, 0.15) is 17.2 Å². The summed E-state index contributed by atoms with van der Waals surface area (Å²) in [6.07, 6.45) is 0. The monoisotopic (exact) mass is 337 g/mol. The molecule has 1 unspecified atom stereocenters. The number of nitrogens with zero attached hydrogens (tertiary/aromatic N) is 2. The fourth-order valence-corrected chi connectivity index (χ4v) is 2.89. The Balaban J connectivity index is 2.04. The minimum Gasteiger partial charge on any atom is -0.495 e. The van der Waals surface area contributed by atoms with Crippen LogP contribution in [0, 0.1) is 18.3 Å². The molecule has 120 valence electrons. The number of hydrogen-bond acceptors (Lipinski definition) is 4. The summed E-state index contributed by atoms with van der Waals surface area (Å²) in [6.45, 7) is 1.99. The number of pyridine rings is 1. The van der Waals surface area contributed by atoms with Crippen LogP contribution in [0.2, 0.25) is 5.15 Å². The summed E-state index contributed by atoms with van der Waals surface area (Å²) in [6, 6.07) is 16.9. The Bertz CT molecular complexity index is 934. The molecule has 1 N–H and O–H groups in total. The van der Waals surface area contributed by atoms with Gasteiger partial charge in [0.1, 0.15) is 16.9 Å². The van der Waals surface area contributed by atoms with Crippen LogP contribution in [-0.2, 0) is 0 Å². The highest BCUT2D eigenvalue weighted by atomic mass is 35.5. The summed E-state index contributed by atoms with van der Waals surface area (Å²) in [5.74, 6) is 0.665. The molecule has 1 aromatic heterocycles. The van der Waals surface area contributed by atoms with E-state index in [4.69, 9.17) is 16.3 Å². The van der Waals surface area contributed by atoms with Gasteiger partial charge >= 0.3 is 0 Å². The zero-order valence-electron chi connectivity index (χ0n) is 13.4. The minimum absolute atomic E-state index is 0.325. The zero-order valence-corrected chi connectivity index (χ0v) is 14.1. The lowest BCUT2D eigenvalue weighted by Crippen LogP contribution is -2.10. The molecule has 4 nitrogen and oxygen atoms in total. The number of ether oxygens (including phenoxy) is 1. The predicted octanol–water partition coefficient (Wildman–Crippen LogP) is 4.88. The number of fused-ring (bicyclic) bond motifs is 1. The van der Waals surface area contributed by atoms with Gasteiger partial charge in [-0.3, -0.25) is 0 Å². The molecule has 1 atom stereocenters. The van der Waals surface area contributed by atoms with E-state index in [1.165, 1.54) is 0 Å². The van der Waals surface area contributed by atoms with E-state index in [1.807, 2.05) is 55.5 Å². The van der Waals surface area contributed by atoms with Crippen LogP contribution in [0.3, 0.4) is 0 Å². The number of aryl methyl sites for hydroxylation is 1. The fraction of sp³-hybridized carbons (Fsp3) is 0.158. The number of rotatable bonds is 4. The number of benzene rings is 2. The summed E-state index contributed by atoms with van der Waals surface area (Å²) >= 11 is 6.36. The van der Waals surface area contributed by atoms with E-state index in [2.05, 4.69) is 16.4 Å². The molecule has 0 fully saturated rings. The summed E-state index contributed by atoms with van der Waals surface area (Å²) in [5, 5.41) is 14.1. The summed E-state index contributed by atoms with van der Waals surface area (Å²) < 4.78 is 5.32. The third-order valence-corrected chi connectivity index (χ3v) is 4.18. The number of methoxy groups -OCH3 is 1. The second kappa shape index (κ2) is 6.77. The Kier molecular flexibility index (Phi) is 4.54. The Morgan fingerprint density at radius 3 is 2.75 bits per heavy atom. The van der Waals surface area contributed by atoms with Gasteiger partial charge in [-0.15, -0.1) is 0 Å². The molecule has 2 aromatic carbocycles. The van der Waals surface area contributed by atoms with Gasteiger partial charge in [0.2, 0.25) is 0 Å². The maximum Gasteiger partial charge on any atom is 0.143 e. The van der Waals surface area contributed by atoms with Gasteiger partial charge in [-0.1, -0.05) is 41.9 Å². The van der Waals surface area contributed by atoms with Gasteiger partial charge in [-0.25, -0.2) is 4.98 Å². The second-order valence-electron chi connectivity index (χ2n) is 5.42. The standard InChI is InChI=1S/C19H16ClN3O/c1-12-6-5-7-13-10-14(19(20)23-18(12)13)16(11-21)22-15-8-3-4-9-17(15)24-2/h3-10,16,22H,1-2H3. The van der Waals surface area contributed by atoms with E-state index in [0.29, 0.717) is 16.5 Å². The topological polar surface area (TPSA) is 57.9 Å². The van der Waals surface area contributed by atoms with E-state index in [0.717, 1.165) is 22.2 Å². The van der Waals surface area contributed by atoms with Gasteiger partial charge in [-0.2, -0.15) is 5.26 Å². The summed E-state index contributed by atoms with van der Waals surface area (Å²) in [5.41, 5.74) is 3.27. The Hall–Kier alpha value is -2.77. The number of anilines is 1. The van der Waals surface area contributed by atoms with E-state index in [-0.39, 0.29) is 0 Å². The SMILES string of the molecule is COc1ccccc1NC(C#N)c1cc2cccc(C)c2nc1Cl. The molecular formula is C19H16ClN3O. The molecule has 0 amide bonds. The van der Waals surface area contributed by atoms with Gasteiger partial charge in [0.05, 0.1) is 24.4 Å². The summed E-state index contributed by atoms with van der Waals surface area (Å²) in [4.78, 5) is 4.47. The van der Waals surface area contributed by atoms with Gasteiger partial charge in [0.25, 0.3) is 0 Å². The van der Waals surface area contributed by atoms with Crippen LogP contribution in [0.4, 0.5) is 5.69 Å². The zero-order chi connectivity index (χ0) is 17.1. The van der Waals surface area contributed by atoms with Crippen molar-refractivity contribution < 1.29 is 4.74 Å². The Morgan fingerprint density at radius 2 is 2.00 bits per heavy atom. The average molecular weight is 338 g/mol. The van der Waals surface area contributed by atoms with E-state index < -0.39 is 6.04 Å². The van der Waals surface area contributed by atoms with Crippen molar-refractivity contribution >= 4 is 28.2 Å². The van der Waals surface area contributed by atoms with E-state index in [9.17, 15) is 5.26 Å². The van der Waals surface area contributed by atoms with Gasteiger partial charge in [0, 0.05) is 10.9 Å². The normalized spacial score (nSPS) is 11.8. The first-order valence-electron chi connectivity index (χ1n) is 7.49. The maximum absolute atomic E-state index is 9.62. The quantitative estimate of drug-likeness (QED) is 0.689. The molecule has 1 heterocycles. The molecule has 0 saturated carbocycles. The molecule has 0 spiro atoms. The van der Waals surface area contributed by atoms with Gasteiger partial charge in [-0.05, 0) is 30.7 Å². The highest BCUT2D eigenvalue weighted by Crippen LogP contribution is 2.32.